The molecule has 2 aliphatic rings. The summed E-state index contributed by atoms with van der Waals surface area (Å²) in [5.41, 5.74) is 4.17. The molecule has 1 aliphatic heterocycles. The summed E-state index contributed by atoms with van der Waals surface area (Å²) in [6, 6.07) is 16.0. The van der Waals surface area contributed by atoms with E-state index in [4.69, 9.17) is 4.74 Å². The van der Waals surface area contributed by atoms with Crippen LogP contribution in [0.15, 0.2) is 53.2 Å². The maximum absolute atomic E-state index is 12.8. The van der Waals surface area contributed by atoms with Crippen molar-refractivity contribution in [1.82, 2.24) is 15.2 Å². The number of thioether (sulfide) groups is 1. The lowest BCUT2D eigenvalue weighted by Gasteiger charge is -2.29. The van der Waals surface area contributed by atoms with E-state index in [-0.39, 0.29) is 30.6 Å². The second-order valence-electron chi connectivity index (χ2n) is 7.86. The fourth-order valence-corrected chi connectivity index (χ4v) is 5.31. The van der Waals surface area contributed by atoms with E-state index in [1.165, 1.54) is 16.7 Å². The maximum Gasteiger partial charge on any atom is 0.412 e. The number of hydrogen-bond acceptors (Lipinski definition) is 8. The number of rotatable bonds is 5. The number of aromatic nitrogens is 2. The highest BCUT2D eigenvalue weighted by Gasteiger charge is 2.33. The zero-order chi connectivity index (χ0) is 23.7. The van der Waals surface area contributed by atoms with Crippen molar-refractivity contribution in [2.45, 2.75) is 11.2 Å². The number of hydrogen-bond donors (Lipinski definition) is 2. The molecule has 5 rings (SSSR count). The molecule has 174 valence electrons. The summed E-state index contributed by atoms with van der Waals surface area (Å²) >= 11 is 1.27. The molecule has 1 atom stereocenters. The van der Waals surface area contributed by atoms with Crippen LogP contribution in [0.3, 0.4) is 0 Å². The van der Waals surface area contributed by atoms with Gasteiger partial charge in [-0.25, -0.2) is 9.42 Å². The number of carbonyl (C=O) groups is 3. The van der Waals surface area contributed by atoms with Crippen LogP contribution in [-0.2, 0) is 9.53 Å². The Labute approximate surface area is 198 Å². The van der Waals surface area contributed by atoms with Crippen molar-refractivity contribution in [3.63, 3.8) is 0 Å². The van der Waals surface area contributed by atoms with Crippen LogP contribution < -0.4 is 5.32 Å². The molecule has 2 heterocycles. The molecular weight excluding hydrogens is 460 g/mol. The third-order valence-electron chi connectivity index (χ3n) is 5.88. The molecule has 3 aromatic rings. The number of nitrogens with one attached hydrogen (secondary N) is 1. The summed E-state index contributed by atoms with van der Waals surface area (Å²) < 4.78 is 10.1. The predicted molar refractivity (Wildman–Crippen MR) is 123 cm³/mol. The number of fused-ring (bicyclic) bond motifs is 3. The van der Waals surface area contributed by atoms with Gasteiger partial charge in [-0.15, -0.1) is 11.8 Å². The van der Waals surface area contributed by atoms with Crippen LogP contribution in [-0.4, -0.2) is 69.0 Å². The van der Waals surface area contributed by atoms with Gasteiger partial charge in [-0.1, -0.05) is 48.5 Å². The van der Waals surface area contributed by atoms with Crippen LogP contribution in [0.1, 0.15) is 27.5 Å². The smallest absolute Gasteiger partial charge is 0.412 e. The number of carboxylic acids is 1. The van der Waals surface area contributed by atoms with Crippen LogP contribution in [0, 0.1) is 0 Å². The van der Waals surface area contributed by atoms with E-state index in [0.717, 1.165) is 22.3 Å². The van der Waals surface area contributed by atoms with Gasteiger partial charge in [0.2, 0.25) is 11.5 Å². The molecule has 0 spiro atoms. The fraction of sp³-hybridized carbons (Fsp3) is 0.261. The number of benzene rings is 2. The number of nitrogens with zero attached hydrogens (tertiary/aromatic N) is 3. The Hall–Kier alpha value is -3.86. The molecule has 1 aliphatic carbocycles. The monoisotopic (exact) mass is 480 g/mol. The molecule has 2 aromatic carbocycles. The second kappa shape index (κ2) is 9.18. The second-order valence-corrected chi connectivity index (χ2v) is 9.17. The van der Waals surface area contributed by atoms with E-state index in [1.807, 2.05) is 48.5 Å². The number of amides is 2. The molecular formula is C23H20N4O6S. The van der Waals surface area contributed by atoms with Crippen molar-refractivity contribution in [3.8, 4) is 11.1 Å². The summed E-state index contributed by atoms with van der Waals surface area (Å²) in [7, 11) is 0. The van der Waals surface area contributed by atoms with E-state index < -0.39 is 23.2 Å². The number of anilines is 1. The molecule has 1 saturated heterocycles. The lowest BCUT2D eigenvalue weighted by Crippen LogP contribution is -2.44. The molecule has 0 bridgehead atoms. The van der Waals surface area contributed by atoms with Crippen molar-refractivity contribution >= 4 is 35.5 Å². The molecule has 1 fully saturated rings. The Morgan fingerprint density at radius 1 is 1.09 bits per heavy atom. The summed E-state index contributed by atoms with van der Waals surface area (Å²) in [6.07, 6.45) is -0.802. The topological polar surface area (TPSA) is 135 Å². The molecule has 10 nitrogen and oxygen atoms in total. The van der Waals surface area contributed by atoms with Gasteiger partial charge < -0.3 is 14.7 Å². The first-order chi connectivity index (χ1) is 16.5. The number of ether oxygens (including phenoxy) is 1. The molecule has 2 amide bonds. The van der Waals surface area contributed by atoms with E-state index in [0.29, 0.717) is 12.3 Å². The van der Waals surface area contributed by atoms with E-state index >= 15 is 0 Å². The summed E-state index contributed by atoms with van der Waals surface area (Å²) in [5.74, 6) is -1.37. The minimum absolute atomic E-state index is 0.0239. The Balaban J connectivity index is 1.25. The van der Waals surface area contributed by atoms with E-state index in [9.17, 15) is 19.5 Å². The Bertz CT molecular complexity index is 1220. The van der Waals surface area contributed by atoms with Crippen LogP contribution in [0.25, 0.3) is 11.1 Å². The third kappa shape index (κ3) is 4.10. The number of aliphatic carboxylic acids is 1. The highest BCUT2D eigenvalue weighted by molar-refractivity contribution is 8.00. The molecule has 0 saturated carbocycles. The molecule has 11 heteroatoms. The van der Waals surface area contributed by atoms with Crippen molar-refractivity contribution in [1.29, 1.82) is 0 Å². The van der Waals surface area contributed by atoms with E-state index in [2.05, 4.69) is 20.3 Å². The van der Waals surface area contributed by atoms with Crippen molar-refractivity contribution in [3.05, 3.63) is 65.4 Å². The van der Waals surface area contributed by atoms with Crippen molar-refractivity contribution in [2.75, 3.05) is 30.8 Å². The highest BCUT2D eigenvalue weighted by atomic mass is 32.2. The number of carbonyl (C=O) groups excluding carboxylic acids is 2. The first kappa shape index (κ1) is 22.0. The first-order valence-electron chi connectivity index (χ1n) is 10.6. The summed E-state index contributed by atoms with van der Waals surface area (Å²) in [4.78, 5) is 38.0. The quantitative estimate of drug-likeness (QED) is 0.565. The lowest BCUT2D eigenvalue weighted by molar-refractivity contribution is -0.136. The van der Waals surface area contributed by atoms with E-state index in [1.54, 1.807) is 0 Å². The summed E-state index contributed by atoms with van der Waals surface area (Å²) in [6.45, 7) is 0.471. The van der Waals surface area contributed by atoms with Crippen molar-refractivity contribution < 1.29 is 28.9 Å². The largest absolute Gasteiger partial charge is 0.480 e. The molecule has 1 unspecified atom stereocenters. The molecule has 2 N–H and O–H groups in total. The predicted octanol–water partition coefficient (Wildman–Crippen LogP) is 3.07. The average Bonchev–Trinajstić information content (AvgIpc) is 3.44. The van der Waals surface area contributed by atoms with Gasteiger partial charge in [-0.2, -0.15) is 0 Å². The van der Waals surface area contributed by atoms with Gasteiger partial charge in [0, 0.05) is 24.8 Å². The molecule has 0 radical (unpaired) electrons. The fourth-order valence-electron chi connectivity index (χ4n) is 4.27. The third-order valence-corrected chi connectivity index (χ3v) is 7.06. The molecule has 1 aromatic heterocycles. The minimum Gasteiger partial charge on any atom is -0.480 e. The standard InChI is InChI=1S/C23H20N4O6S/c28-21(27-9-10-34-18(11-27)22(29)30)19-20(26-33-25-19)24-23(31)32-12-17-15-7-3-1-5-13(15)14-6-2-4-8-16(14)17/h1-8,17-18H,9-12H2,(H,29,30)(H,24,26,31). The van der Waals surface area contributed by atoms with Gasteiger partial charge in [-0.3, -0.25) is 14.9 Å². The van der Waals surface area contributed by atoms with Crippen LogP contribution in [0.4, 0.5) is 10.6 Å². The highest BCUT2D eigenvalue weighted by Crippen LogP contribution is 2.44. The Morgan fingerprint density at radius 3 is 2.44 bits per heavy atom. The SMILES string of the molecule is O=C(Nc1nonc1C(=O)N1CCSC(C(=O)O)C1)OCC1c2ccccc2-c2ccccc21. The van der Waals surface area contributed by atoms with Gasteiger partial charge in [0.25, 0.3) is 5.91 Å². The zero-order valence-corrected chi connectivity index (χ0v) is 18.7. The Kier molecular flexibility index (Phi) is 5.93. The maximum atomic E-state index is 12.8. The number of carboxylic acid groups (broad SMARTS) is 1. The van der Waals surface area contributed by atoms with Crippen LogP contribution >= 0.6 is 11.8 Å². The lowest BCUT2D eigenvalue weighted by atomic mass is 9.98. The normalized spacial score (nSPS) is 17.1. The van der Waals surface area contributed by atoms with Gasteiger partial charge in [-0.05, 0) is 32.6 Å². The van der Waals surface area contributed by atoms with Crippen LogP contribution in [0.5, 0.6) is 0 Å². The zero-order valence-electron chi connectivity index (χ0n) is 17.8. The minimum atomic E-state index is -0.988. The Morgan fingerprint density at radius 2 is 1.76 bits per heavy atom. The van der Waals surface area contributed by atoms with Gasteiger partial charge in [0.15, 0.2) is 0 Å². The average molecular weight is 481 g/mol. The van der Waals surface area contributed by atoms with Crippen molar-refractivity contribution in [2.24, 2.45) is 0 Å². The molecule has 34 heavy (non-hydrogen) atoms. The van der Waals surface area contributed by atoms with Gasteiger partial charge in [0.1, 0.15) is 11.9 Å². The van der Waals surface area contributed by atoms with Gasteiger partial charge in [0.05, 0.1) is 0 Å². The van der Waals surface area contributed by atoms with Crippen LogP contribution in [0.2, 0.25) is 0 Å². The first-order valence-corrected chi connectivity index (χ1v) is 11.7. The van der Waals surface area contributed by atoms with Gasteiger partial charge >= 0.3 is 12.1 Å². The summed E-state index contributed by atoms with van der Waals surface area (Å²) in [5, 5.41) is 18.1.